The van der Waals surface area contributed by atoms with E-state index in [1.54, 1.807) is 0 Å². The second-order valence-electron chi connectivity index (χ2n) is 5.20. The number of nitrogens with two attached hydrogens (primary N) is 1. The third kappa shape index (κ3) is 5.11. The van der Waals surface area contributed by atoms with E-state index < -0.39 is 18.4 Å². The van der Waals surface area contributed by atoms with Gasteiger partial charge in [-0.3, -0.25) is 4.79 Å². The molecular weight excluding hydrogens is 284 g/mol. The first-order valence-corrected chi connectivity index (χ1v) is 7.15. The molecular formula is C13H23F2N3O3. The summed E-state index contributed by atoms with van der Waals surface area (Å²) in [5.41, 5.74) is 4.73. The van der Waals surface area contributed by atoms with Crippen molar-refractivity contribution in [3.05, 3.63) is 0 Å². The summed E-state index contributed by atoms with van der Waals surface area (Å²) in [7, 11) is 0. The van der Waals surface area contributed by atoms with Crippen LogP contribution in [0.1, 0.15) is 38.5 Å². The Morgan fingerprint density at radius 3 is 2.48 bits per heavy atom. The summed E-state index contributed by atoms with van der Waals surface area (Å²) in [6, 6.07) is 0. The Hall–Kier alpha value is -1.44. The van der Waals surface area contributed by atoms with Crippen LogP contribution >= 0.6 is 0 Å². The number of nitrogens with zero attached hydrogens (tertiary/aromatic N) is 1. The first-order valence-electron chi connectivity index (χ1n) is 7.15. The van der Waals surface area contributed by atoms with Gasteiger partial charge in [-0.05, 0) is 12.8 Å². The summed E-state index contributed by atoms with van der Waals surface area (Å²) in [5, 5.41) is 14.6. The van der Waals surface area contributed by atoms with Crippen LogP contribution in [0.4, 0.5) is 8.78 Å². The average molecular weight is 307 g/mol. The first-order chi connectivity index (χ1) is 10.0. The van der Waals surface area contributed by atoms with Gasteiger partial charge in [-0.25, -0.2) is 8.78 Å². The quantitative estimate of drug-likeness (QED) is 0.166. The zero-order valence-corrected chi connectivity index (χ0v) is 12.0. The zero-order valence-electron chi connectivity index (χ0n) is 12.0. The topological polar surface area (TPSA) is 96.9 Å². The number of rotatable bonds is 7. The van der Waals surface area contributed by atoms with Crippen molar-refractivity contribution in [1.29, 1.82) is 0 Å². The Morgan fingerprint density at radius 2 is 1.95 bits per heavy atom. The second kappa shape index (κ2) is 8.76. The molecule has 1 fully saturated rings. The van der Waals surface area contributed by atoms with Crippen LogP contribution in [0.3, 0.4) is 0 Å². The van der Waals surface area contributed by atoms with Gasteiger partial charge < -0.3 is 21.0 Å². The van der Waals surface area contributed by atoms with Crippen LogP contribution < -0.4 is 11.1 Å². The van der Waals surface area contributed by atoms with Gasteiger partial charge in [0, 0.05) is 6.54 Å². The zero-order chi connectivity index (χ0) is 15.7. The molecule has 1 aliphatic carbocycles. The average Bonchev–Trinajstić information content (AvgIpc) is 2.72. The number of hydrogen-bond donors (Lipinski definition) is 3. The van der Waals surface area contributed by atoms with Crippen molar-refractivity contribution in [1.82, 2.24) is 5.32 Å². The third-order valence-electron chi connectivity index (χ3n) is 3.77. The second-order valence-corrected chi connectivity index (χ2v) is 5.20. The molecule has 0 heterocycles. The van der Waals surface area contributed by atoms with E-state index in [0.29, 0.717) is 12.8 Å². The summed E-state index contributed by atoms with van der Waals surface area (Å²) < 4.78 is 28.5. The minimum absolute atomic E-state index is 0.00231. The maximum absolute atomic E-state index is 12.4. The molecule has 1 amide bonds. The molecule has 0 aromatic rings. The molecule has 1 saturated carbocycles. The number of oxime groups is 1. The van der Waals surface area contributed by atoms with Crippen LogP contribution in [0, 0.1) is 5.41 Å². The van der Waals surface area contributed by atoms with E-state index in [1.165, 1.54) is 0 Å². The van der Waals surface area contributed by atoms with E-state index in [1.807, 2.05) is 0 Å². The lowest BCUT2D eigenvalue weighted by Gasteiger charge is -2.29. The number of amidine groups is 1. The number of amides is 1. The van der Waals surface area contributed by atoms with Crippen molar-refractivity contribution >= 4 is 11.7 Å². The van der Waals surface area contributed by atoms with Crippen molar-refractivity contribution in [3.8, 4) is 0 Å². The molecule has 1 aliphatic rings. The molecule has 122 valence electrons. The molecule has 6 nitrogen and oxygen atoms in total. The number of carbonyl (C=O) groups is 1. The van der Waals surface area contributed by atoms with Gasteiger partial charge in [-0.15, -0.1) is 0 Å². The van der Waals surface area contributed by atoms with Crippen LogP contribution in [0.15, 0.2) is 5.16 Å². The molecule has 0 spiro atoms. The molecule has 0 atom stereocenters. The molecule has 0 bridgehead atoms. The normalized spacial score (nSPS) is 19.3. The lowest BCUT2D eigenvalue weighted by atomic mass is 9.78. The molecule has 1 rings (SSSR count). The Morgan fingerprint density at radius 1 is 1.33 bits per heavy atom. The molecule has 21 heavy (non-hydrogen) atoms. The van der Waals surface area contributed by atoms with Gasteiger partial charge in [-0.1, -0.05) is 30.8 Å². The Balaban J connectivity index is 2.56. The van der Waals surface area contributed by atoms with Crippen LogP contribution in [0.2, 0.25) is 0 Å². The minimum Gasteiger partial charge on any atom is -0.409 e. The molecule has 4 N–H and O–H groups in total. The highest BCUT2D eigenvalue weighted by molar-refractivity contribution is 6.06. The lowest BCUT2D eigenvalue weighted by Crippen LogP contribution is -2.50. The van der Waals surface area contributed by atoms with E-state index in [0.717, 1.165) is 25.7 Å². The Bertz CT molecular complexity index is 357. The van der Waals surface area contributed by atoms with Crippen molar-refractivity contribution in [2.75, 3.05) is 19.8 Å². The fourth-order valence-electron chi connectivity index (χ4n) is 2.61. The monoisotopic (exact) mass is 307 g/mol. The van der Waals surface area contributed by atoms with E-state index in [-0.39, 0.29) is 24.9 Å². The highest BCUT2D eigenvalue weighted by atomic mass is 19.3. The predicted molar refractivity (Wildman–Crippen MR) is 73.4 cm³/mol. The smallest absolute Gasteiger partial charge is 0.261 e. The van der Waals surface area contributed by atoms with Gasteiger partial charge >= 0.3 is 0 Å². The van der Waals surface area contributed by atoms with Gasteiger partial charge in [0.1, 0.15) is 12.0 Å². The summed E-state index contributed by atoms with van der Waals surface area (Å²) in [5.74, 6) is -0.421. The van der Waals surface area contributed by atoms with Gasteiger partial charge in [0.25, 0.3) is 6.43 Å². The number of halogens is 2. The van der Waals surface area contributed by atoms with Crippen molar-refractivity contribution < 1.29 is 23.5 Å². The number of nitrogens with one attached hydrogen (secondary N) is 1. The lowest BCUT2D eigenvalue weighted by molar-refractivity contribution is -0.128. The molecule has 0 unspecified atom stereocenters. The van der Waals surface area contributed by atoms with E-state index >= 15 is 0 Å². The first kappa shape index (κ1) is 17.6. The van der Waals surface area contributed by atoms with E-state index in [9.17, 15) is 13.6 Å². The van der Waals surface area contributed by atoms with Gasteiger partial charge in [0.15, 0.2) is 5.84 Å². The molecule has 8 heteroatoms. The number of alkyl halides is 2. The number of hydrogen-bond acceptors (Lipinski definition) is 4. The maximum Gasteiger partial charge on any atom is 0.261 e. The van der Waals surface area contributed by atoms with Crippen molar-refractivity contribution in [2.24, 2.45) is 16.3 Å². The summed E-state index contributed by atoms with van der Waals surface area (Å²) in [6.45, 7) is -0.532. The molecule has 0 saturated heterocycles. The van der Waals surface area contributed by atoms with Crippen LogP contribution in [0.25, 0.3) is 0 Å². The fraction of sp³-hybridized carbons (Fsp3) is 0.846. The maximum atomic E-state index is 12.4. The fourth-order valence-corrected chi connectivity index (χ4v) is 2.61. The number of ether oxygens (including phenoxy) is 1. The van der Waals surface area contributed by atoms with Crippen LogP contribution in [0.5, 0.6) is 0 Å². The predicted octanol–water partition coefficient (Wildman–Crippen LogP) is 1.47. The Kier molecular flexibility index (Phi) is 7.35. The largest absolute Gasteiger partial charge is 0.409 e. The van der Waals surface area contributed by atoms with E-state index in [4.69, 9.17) is 15.7 Å². The van der Waals surface area contributed by atoms with Crippen LogP contribution in [-0.2, 0) is 9.53 Å². The van der Waals surface area contributed by atoms with Crippen molar-refractivity contribution in [2.45, 2.75) is 45.0 Å². The molecule has 0 aromatic heterocycles. The van der Waals surface area contributed by atoms with Gasteiger partial charge in [0.05, 0.1) is 6.61 Å². The third-order valence-corrected chi connectivity index (χ3v) is 3.77. The number of carbonyl (C=O) groups excluding carboxylic acids is 1. The molecule has 0 radical (unpaired) electrons. The summed E-state index contributed by atoms with van der Waals surface area (Å²) >= 11 is 0. The van der Waals surface area contributed by atoms with Gasteiger partial charge in [0.2, 0.25) is 5.91 Å². The Labute approximate surface area is 122 Å². The van der Waals surface area contributed by atoms with Gasteiger partial charge in [-0.2, -0.15) is 0 Å². The minimum atomic E-state index is -2.52. The highest BCUT2D eigenvalue weighted by Gasteiger charge is 2.42. The highest BCUT2D eigenvalue weighted by Crippen LogP contribution is 2.35. The summed E-state index contributed by atoms with van der Waals surface area (Å²) in [4.78, 5) is 12.4. The molecule has 0 aliphatic heterocycles. The standard InChI is InChI=1S/C13H23F2N3O3/c14-10(15)9-21-8-7-17-12(19)13(11(16)18-20)5-3-1-2-4-6-13/h10,20H,1-9H2,(H2,16,18)(H,17,19). The summed E-state index contributed by atoms with van der Waals surface area (Å²) in [6.07, 6.45) is 2.18. The van der Waals surface area contributed by atoms with Crippen molar-refractivity contribution in [3.63, 3.8) is 0 Å². The SMILES string of the molecule is NC(=NO)C1(C(=O)NCCOCC(F)F)CCCCCC1. The molecule has 0 aromatic carbocycles. The van der Waals surface area contributed by atoms with E-state index in [2.05, 4.69) is 10.5 Å². The van der Waals surface area contributed by atoms with Crippen LogP contribution in [-0.4, -0.2) is 43.1 Å².